The first kappa shape index (κ1) is 28.4. The van der Waals surface area contributed by atoms with Crippen molar-refractivity contribution < 1.29 is 29.3 Å². The lowest BCUT2D eigenvalue weighted by molar-refractivity contribution is -0.136. The molecule has 0 bridgehead atoms. The average Bonchev–Trinajstić information content (AvgIpc) is 2.97. The van der Waals surface area contributed by atoms with Crippen LogP contribution < -0.4 is 14.9 Å². The average molecular weight is 559 g/mol. The van der Waals surface area contributed by atoms with Gasteiger partial charge in [0.1, 0.15) is 6.61 Å². The van der Waals surface area contributed by atoms with Gasteiger partial charge in [-0.2, -0.15) is 5.10 Å². The van der Waals surface area contributed by atoms with Gasteiger partial charge in [-0.3, -0.25) is 4.79 Å². The highest BCUT2D eigenvalue weighted by Gasteiger charge is 2.39. The van der Waals surface area contributed by atoms with Gasteiger partial charge in [0.25, 0.3) is 5.91 Å². The van der Waals surface area contributed by atoms with Crippen LogP contribution in [0, 0.1) is 0 Å². The summed E-state index contributed by atoms with van der Waals surface area (Å²) in [6.45, 7) is 2.30. The molecular weight excluding hydrogens is 532 g/mol. The number of carbonyl (C=O) groups is 2. The van der Waals surface area contributed by atoms with Gasteiger partial charge in [-0.25, -0.2) is 10.2 Å². The number of aromatic carboxylic acids is 1. The number of nitrogens with one attached hydrogen (secondary N) is 1. The number of rotatable bonds is 11. The van der Waals surface area contributed by atoms with Gasteiger partial charge >= 0.3 is 5.97 Å². The van der Waals surface area contributed by atoms with Crippen molar-refractivity contribution in [3.8, 4) is 11.5 Å². The summed E-state index contributed by atoms with van der Waals surface area (Å²) in [5.74, 6) is -1.05. The molecule has 40 heavy (non-hydrogen) atoms. The third-order valence-corrected chi connectivity index (χ3v) is 6.29. The molecule has 0 spiro atoms. The Morgan fingerprint density at radius 3 is 2.08 bits per heavy atom. The van der Waals surface area contributed by atoms with E-state index in [9.17, 15) is 14.7 Å². The fourth-order valence-electron chi connectivity index (χ4n) is 4.00. The molecular formula is C31H27ClN2O6. The van der Waals surface area contributed by atoms with Gasteiger partial charge in [-0.15, -0.1) is 0 Å². The van der Waals surface area contributed by atoms with Crippen molar-refractivity contribution >= 4 is 29.7 Å². The molecule has 1 amide bonds. The van der Waals surface area contributed by atoms with E-state index in [-0.39, 0.29) is 17.2 Å². The van der Waals surface area contributed by atoms with Gasteiger partial charge in [-0.1, -0.05) is 84.4 Å². The van der Waals surface area contributed by atoms with Crippen LogP contribution in [0.15, 0.2) is 102 Å². The molecule has 0 aliphatic rings. The SMILES string of the molecule is CCOc1cc(/C=N\NC(=O)C(O)(c2ccccc2)c2ccccc2)cc(Cl)c1OCc1ccc(C(=O)O)cc1. The molecule has 0 saturated heterocycles. The first-order chi connectivity index (χ1) is 19.3. The molecule has 3 N–H and O–H groups in total. The second kappa shape index (κ2) is 12.9. The molecule has 4 aromatic rings. The second-order valence-corrected chi connectivity index (χ2v) is 9.10. The largest absolute Gasteiger partial charge is 0.490 e. The van der Waals surface area contributed by atoms with E-state index >= 15 is 0 Å². The summed E-state index contributed by atoms with van der Waals surface area (Å²) in [5.41, 5.74) is 2.72. The highest BCUT2D eigenvalue weighted by Crippen LogP contribution is 2.37. The predicted octanol–water partition coefficient (Wildman–Crippen LogP) is 5.40. The zero-order valence-corrected chi connectivity index (χ0v) is 22.3. The number of carboxylic acid groups (broad SMARTS) is 1. The van der Waals surface area contributed by atoms with E-state index in [2.05, 4.69) is 10.5 Å². The summed E-state index contributed by atoms with van der Waals surface area (Å²) >= 11 is 6.51. The third-order valence-electron chi connectivity index (χ3n) is 6.01. The van der Waals surface area contributed by atoms with Crippen LogP contribution in [-0.2, 0) is 17.0 Å². The molecule has 4 rings (SSSR count). The summed E-state index contributed by atoms with van der Waals surface area (Å²) in [6.07, 6.45) is 1.39. The Hall–Kier alpha value is -4.66. The molecule has 4 aromatic carbocycles. The molecule has 0 aliphatic heterocycles. The highest BCUT2D eigenvalue weighted by atomic mass is 35.5. The van der Waals surface area contributed by atoms with Crippen molar-refractivity contribution in [2.24, 2.45) is 5.10 Å². The van der Waals surface area contributed by atoms with Crippen molar-refractivity contribution in [3.63, 3.8) is 0 Å². The maximum Gasteiger partial charge on any atom is 0.335 e. The van der Waals surface area contributed by atoms with Gasteiger partial charge in [0, 0.05) is 0 Å². The van der Waals surface area contributed by atoms with E-state index in [0.29, 0.717) is 34.8 Å². The molecule has 9 heteroatoms. The monoisotopic (exact) mass is 558 g/mol. The van der Waals surface area contributed by atoms with Gasteiger partial charge in [0.05, 0.1) is 23.4 Å². The van der Waals surface area contributed by atoms with Crippen LogP contribution in [0.1, 0.15) is 39.5 Å². The second-order valence-electron chi connectivity index (χ2n) is 8.70. The van der Waals surface area contributed by atoms with Crippen LogP contribution in [0.5, 0.6) is 11.5 Å². The predicted molar refractivity (Wildman–Crippen MR) is 152 cm³/mol. The molecule has 0 heterocycles. The number of amides is 1. The number of nitrogens with zero attached hydrogens (tertiary/aromatic N) is 1. The van der Waals surface area contributed by atoms with Crippen LogP contribution >= 0.6 is 11.6 Å². The van der Waals surface area contributed by atoms with Crippen LogP contribution in [0.25, 0.3) is 0 Å². The summed E-state index contributed by atoms with van der Waals surface area (Å²) in [4.78, 5) is 24.3. The van der Waals surface area contributed by atoms with Gasteiger partial charge in [0.2, 0.25) is 0 Å². The topological polar surface area (TPSA) is 117 Å². The van der Waals surface area contributed by atoms with Crippen LogP contribution in [0.4, 0.5) is 0 Å². The molecule has 0 fully saturated rings. The standard InChI is InChI=1S/C31H27ClN2O6/c1-2-39-27-18-22(17-26(32)28(27)40-20-21-13-15-23(16-14-21)29(35)36)19-33-34-30(37)31(38,24-9-5-3-6-10-24)25-11-7-4-8-12-25/h3-19,38H,2,20H2,1H3,(H,34,37)(H,35,36)/b33-19-. The number of aliphatic hydroxyl groups is 1. The lowest BCUT2D eigenvalue weighted by atomic mass is 9.85. The number of hydrogen-bond donors (Lipinski definition) is 3. The zero-order chi connectivity index (χ0) is 28.5. The van der Waals surface area contributed by atoms with E-state index in [0.717, 1.165) is 5.56 Å². The van der Waals surface area contributed by atoms with Crippen molar-refractivity contribution in [2.45, 2.75) is 19.1 Å². The van der Waals surface area contributed by atoms with E-state index in [1.807, 2.05) is 6.92 Å². The number of hydrogen-bond acceptors (Lipinski definition) is 6. The van der Waals surface area contributed by atoms with Gasteiger partial charge in [0.15, 0.2) is 17.1 Å². The molecule has 0 saturated carbocycles. The fraction of sp³-hybridized carbons (Fsp3) is 0.129. The Morgan fingerprint density at radius 1 is 0.925 bits per heavy atom. The van der Waals surface area contributed by atoms with E-state index in [1.54, 1.807) is 84.9 Å². The summed E-state index contributed by atoms with van der Waals surface area (Å²) in [5, 5.41) is 24.9. The highest BCUT2D eigenvalue weighted by molar-refractivity contribution is 6.32. The minimum Gasteiger partial charge on any atom is -0.490 e. The number of benzene rings is 4. The molecule has 204 valence electrons. The number of halogens is 1. The summed E-state index contributed by atoms with van der Waals surface area (Å²) < 4.78 is 11.6. The van der Waals surface area contributed by atoms with Gasteiger partial charge in [-0.05, 0) is 53.4 Å². The van der Waals surface area contributed by atoms with E-state index in [1.165, 1.54) is 18.3 Å². The quantitative estimate of drug-likeness (QED) is 0.167. The molecule has 0 radical (unpaired) electrons. The van der Waals surface area contributed by atoms with Crippen molar-refractivity contribution in [1.29, 1.82) is 0 Å². The molecule has 0 atom stereocenters. The molecule has 0 unspecified atom stereocenters. The minimum atomic E-state index is -1.96. The zero-order valence-electron chi connectivity index (χ0n) is 21.6. The summed E-state index contributed by atoms with van der Waals surface area (Å²) in [6, 6.07) is 26.8. The molecule has 8 nitrogen and oxygen atoms in total. The van der Waals surface area contributed by atoms with Crippen LogP contribution in [0.3, 0.4) is 0 Å². The van der Waals surface area contributed by atoms with E-state index < -0.39 is 17.5 Å². The Labute approximate surface area is 236 Å². The minimum absolute atomic E-state index is 0.140. The Bertz CT molecular complexity index is 1450. The normalized spacial score (nSPS) is 11.3. The first-order valence-electron chi connectivity index (χ1n) is 12.4. The maximum absolute atomic E-state index is 13.2. The van der Waals surface area contributed by atoms with E-state index in [4.69, 9.17) is 26.2 Å². The fourth-order valence-corrected chi connectivity index (χ4v) is 4.27. The van der Waals surface area contributed by atoms with Crippen molar-refractivity contribution in [2.75, 3.05) is 6.61 Å². The van der Waals surface area contributed by atoms with Crippen LogP contribution in [-0.4, -0.2) is 34.9 Å². The molecule has 0 aromatic heterocycles. The summed E-state index contributed by atoms with van der Waals surface area (Å²) in [7, 11) is 0. The van der Waals surface area contributed by atoms with Crippen LogP contribution in [0.2, 0.25) is 5.02 Å². The number of hydrazone groups is 1. The number of ether oxygens (including phenoxy) is 2. The Balaban J connectivity index is 1.52. The lowest BCUT2D eigenvalue weighted by Gasteiger charge is -2.27. The van der Waals surface area contributed by atoms with Crippen molar-refractivity contribution in [3.05, 3.63) is 130 Å². The van der Waals surface area contributed by atoms with Crippen molar-refractivity contribution in [1.82, 2.24) is 5.43 Å². The smallest absolute Gasteiger partial charge is 0.335 e. The Kier molecular flexibility index (Phi) is 9.16. The third kappa shape index (κ3) is 6.48. The number of carboxylic acids is 1. The molecule has 0 aliphatic carbocycles. The maximum atomic E-state index is 13.2. The van der Waals surface area contributed by atoms with Gasteiger partial charge < -0.3 is 19.7 Å². The lowest BCUT2D eigenvalue weighted by Crippen LogP contribution is -2.43. The Morgan fingerprint density at radius 2 is 1.52 bits per heavy atom. The first-order valence-corrected chi connectivity index (χ1v) is 12.8. The number of carbonyl (C=O) groups excluding carboxylic acids is 1.